The fraction of sp³-hybridized carbons (Fsp3) is 0.682. The third-order valence-corrected chi connectivity index (χ3v) is 6.60. The number of hydrogen-bond acceptors (Lipinski definition) is 4. The van der Waals surface area contributed by atoms with Gasteiger partial charge in [0, 0.05) is 38.8 Å². The Kier molecular flexibility index (Phi) is 6.11. The Morgan fingerprint density at radius 3 is 2.37 bits per heavy atom. The van der Waals surface area contributed by atoms with Gasteiger partial charge in [0.25, 0.3) is 5.91 Å². The molecule has 5 heteroatoms. The summed E-state index contributed by atoms with van der Waals surface area (Å²) in [7, 11) is 2.10. The molecule has 0 bridgehead atoms. The van der Waals surface area contributed by atoms with Crippen LogP contribution < -0.4 is 0 Å². The molecule has 27 heavy (non-hydrogen) atoms. The van der Waals surface area contributed by atoms with Gasteiger partial charge in [0.15, 0.2) is 6.10 Å². The second-order valence-corrected chi connectivity index (χ2v) is 8.28. The van der Waals surface area contributed by atoms with Crippen molar-refractivity contribution >= 4 is 5.91 Å². The summed E-state index contributed by atoms with van der Waals surface area (Å²) in [6, 6.07) is 11.1. The molecule has 148 valence electrons. The van der Waals surface area contributed by atoms with Crippen LogP contribution in [0.4, 0.5) is 0 Å². The normalized spacial score (nSPS) is 29.0. The fourth-order valence-corrected chi connectivity index (χ4v) is 5.00. The molecule has 1 aliphatic carbocycles. The van der Waals surface area contributed by atoms with Crippen molar-refractivity contribution in [1.29, 1.82) is 0 Å². The fourth-order valence-electron chi connectivity index (χ4n) is 5.00. The van der Waals surface area contributed by atoms with Crippen molar-refractivity contribution in [3.8, 4) is 0 Å². The summed E-state index contributed by atoms with van der Waals surface area (Å²) >= 11 is 0. The molecular formula is C22H33N3O2. The number of benzene rings is 1. The number of carbonyl (C=O) groups is 1. The zero-order valence-electron chi connectivity index (χ0n) is 16.6. The van der Waals surface area contributed by atoms with Gasteiger partial charge in [-0.15, -0.1) is 0 Å². The summed E-state index contributed by atoms with van der Waals surface area (Å²) < 4.78 is 6.03. The molecule has 2 aliphatic heterocycles. The minimum atomic E-state index is -0.396. The van der Waals surface area contributed by atoms with Crippen LogP contribution in [0.25, 0.3) is 0 Å². The van der Waals surface area contributed by atoms with E-state index in [1.165, 1.54) is 37.7 Å². The molecule has 3 fully saturated rings. The minimum Gasteiger partial charge on any atom is -0.365 e. The summed E-state index contributed by atoms with van der Waals surface area (Å²) in [6.45, 7) is 5.17. The summed E-state index contributed by atoms with van der Waals surface area (Å²) in [6.07, 6.45) is 6.39. The Morgan fingerprint density at radius 1 is 0.963 bits per heavy atom. The quantitative estimate of drug-likeness (QED) is 0.818. The number of amides is 1. The van der Waals surface area contributed by atoms with Crippen LogP contribution in [0.1, 0.15) is 43.7 Å². The average molecular weight is 372 g/mol. The number of rotatable bonds is 3. The molecule has 1 aromatic rings. The topological polar surface area (TPSA) is 36.0 Å². The summed E-state index contributed by atoms with van der Waals surface area (Å²) in [4.78, 5) is 20.2. The summed E-state index contributed by atoms with van der Waals surface area (Å²) in [5, 5.41) is 0. The number of likely N-dealkylation sites (N-methyl/N-ethyl adjacent to an activating group) is 1. The zero-order valence-corrected chi connectivity index (χ0v) is 16.6. The maximum absolute atomic E-state index is 13.3. The van der Waals surface area contributed by atoms with Crippen LogP contribution >= 0.6 is 0 Å². The Labute approximate surface area is 163 Å². The Morgan fingerprint density at radius 2 is 1.67 bits per heavy atom. The molecule has 1 amide bonds. The van der Waals surface area contributed by atoms with Crippen molar-refractivity contribution in [2.75, 3.05) is 46.4 Å². The van der Waals surface area contributed by atoms with E-state index in [1.54, 1.807) is 0 Å². The van der Waals surface area contributed by atoms with Gasteiger partial charge in [0.05, 0.1) is 12.6 Å². The van der Waals surface area contributed by atoms with E-state index >= 15 is 0 Å². The number of carbonyl (C=O) groups excluding carboxylic acids is 1. The average Bonchev–Trinajstić information content (AvgIpc) is 2.74. The predicted molar refractivity (Wildman–Crippen MR) is 107 cm³/mol. The number of piperazine rings is 1. The van der Waals surface area contributed by atoms with E-state index in [2.05, 4.69) is 29.0 Å². The standard InChI is InChI=1S/C22H33N3O2/c1-23-16-17-27-21(20(23)18-8-4-2-5-9-18)22(26)25-14-12-24(13-15-25)19-10-6-3-7-11-19/h2,4-5,8-9,19-21H,3,6-7,10-17H2,1H3/t20-,21+/m0/s1. The highest BCUT2D eigenvalue weighted by Crippen LogP contribution is 2.30. The minimum absolute atomic E-state index is 0.00354. The first-order valence-corrected chi connectivity index (χ1v) is 10.6. The number of nitrogens with zero attached hydrogens (tertiary/aromatic N) is 3. The monoisotopic (exact) mass is 371 g/mol. The Hall–Kier alpha value is -1.43. The molecule has 0 unspecified atom stereocenters. The van der Waals surface area contributed by atoms with Crippen LogP contribution in [0.15, 0.2) is 30.3 Å². The molecule has 1 aromatic carbocycles. The Bertz CT molecular complexity index is 609. The lowest BCUT2D eigenvalue weighted by Crippen LogP contribution is -2.57. The smallest absolute Gasteiger partial charge is 0.253 e. The lowest BCUT2D eigenvalue weighted by molar-refractivity contribution is -0.157. The molecule has 3 aliphatic rings. The molecule has 5 nitrogen and oxygen atoms in total. The van der Waals surface area contributed by atoms with Gasteiger partial charge >= 0.3 is 0 Å². The first-order valence-electron chi connectivity index (χ1n) is 10.6. The Balaban J connectivity index is 1.40. The molecule has 2 saturated heterocycles. The molecule has 4 rings (SSSR count). The van der Waals surface area contributed by atoms with E-state index in [0.29, 0.717) is 6.61 Å². The molecule has 0 N–H and O–H groups in total. The number of ether oxygens (including phenoxy) is 1. The highest BCUT2D eigenvalue weighted by Gasteiger charge is 2.39. The maximum atomic E-state index is 13.3. The third-order valence-electron chi connectivity index (χ3n) is 6.60. The van der Waals surface area contributed by atoms with Crippen molar-refractivity contribution in [3.05, 3.63) is 35.9 Å². The first kappa shape index (κ1) is 18.9. The van der Waals surface area contributed by atoms with Gasteiger partial charge in [-0.2, -0.15) is 0 Å². The number of morpholine rings is 1. The van der Waals surface area contributed by atoms with Gasteiger partial charge in [-0.1, -0.05) is 49.6 Å². The predicted octanol–water partition coefficient (Wildman–Crippen LogP) is 2.54. The molecule has 0 radical (unpaired) electrons. The van der Waals surface area contributed by atoms with Crippen LogP contribution in [0.5, 0.6) is 0 Å². The van der Waals surface area contributed by atoms with Gasteiger partial charge in [-0.3, -0.25) is 14.6 Å². The van der Waals surface area contributed by atoms with E-state index in [-0.39, 0.29) is 11.9 Å². The lowest BCUT2D eigenvalue weighted by Gasteiger charge is -2.44. The molecule has 0 spiro atoms. The molecule has 2 heterocycles. The van der Waals surface area contributed by atoms with E-state index in [9.17, 15) is 4.79 Å². The van der Waals surface area contributed by atoms with E-state index in [0.717, 1.165) is 38.8 Å². The van der Waals surface area contributed by atoms with Crippen LogP contribution in [0.3, 0.4) is 0 Å². The van der Waals surface area contributed by atoms with Crippen LogP contribution in [0.2, 0.25) is 0 Å². The van der Waals surface area contributed by atoms with Gasteiger partial charge in [-0.05, 0) is 25.5 Å². The molecule has 1 saturated carbocycles. The maximum Gasteiger partial charge on any atom is 0.253 e. The summed E-state index contributed by atoms with van der Waals surface area (Å²) in [5.74, 6) is 0.165. The van der Waals surface area contributed by atoms with Crippen molar-refractivity contribution in [2.24, 2.45) is 0 Å². The number of hydrogen-bond donors (Lipinski definition) is 0. The highest BCUT2D eigenvalue weighted by atomic mass is 16.5. The lowest BCUT2D eigenvalue weighted by atomic mass is 9.93. The van der Waals surface area contributed by atoms with E-state index < -0.39 is 6.10 Å². The van der Waals surface area contributed by atoms with Gasteiger partial charge in [-0.25, -0.2) is 0 Å². The SMILES string of the molecule is CN1CCO[C@@H](C(=O)N2CCN(C3CCCCC3)CC2)[C@@H]1c1ccccc1. The summed E-state index contributed by atoms with van der Waals surface area (Å²) in [5.41, 5.74) is 1.17. The molecule has 0 aromatic heterocycles. The first-order chi connectivity index (χ1) is 13.2. The highest BCUT2D eigenvalue weighted by molar-refractivity contribution is 5.82. The van der Waals surface area contributed by atoms with Crippen LogP contribution in [0, 0.1) is 0 Å². The van der Waals surface area contributed by atoms with Gasteiger partial charge in [0.1, 0.15) is 0 Å². The zero-order chi connectivity index (χ0) is 18.6. The second-order valence-electron chi connectivity index (χ2n) is 8.28. The van der Waals surface area contributed by atoms with Crippen molar-refractivity contribution in [1.82, 2.24) is 14.7 Å². The van der Waals surface area contributed by atoms with Gasteiger partial charge in [0.2, 0.25) is 0 Å². The largest absolute Gasteiger partial charge is 0.365 e. The van der Waals surface area contributed by atoms with Crippen LogP contribution in [-0.4, -0.2) is 79.1 Å². The van der Waals surface area contributed by atoms with E-state index in [1.807, 2.05) is 23.1 Å². The third kappa shape index (κ3) is 4.20. The molecule has 2 atom stereocenters. The van der Waals surface area contributed by atoms with E-state index in [4.69, 9.17) is 4.74 Å². The van der Waals surface area contributed by atoms with Crippen molar-refractivity contribution in [3.63, 3.8) is 0 Å². The van der Waals surface area contributed by atoms with Gasteiger partial charge < -0.3 is 9.64 Å². The molecular weight excluding hydrogens is 338 g/mol. The van der Waals surface area contributed by atoms with Crippen LogP contribution in [-0.2, 0) is 9.53 Å². The second kappa shape index (κ2) is 8.72. The van der Waals surface area contributed by atoms with Crippen molar-refractivity contribution < 1.29 is 9.53 Å². The van der Waals surface area contributed by atoms with Crippen molar-refractivity contribution in [2.45, 2.75) is 50.3 Å².